The quantitative estimate of drug-likeness (QED) is 0.0434. The fourth-order valence-electron chi connectivity index (χ4n) is 3.93. The summed E-state index contributed by atoms with van der Waals surface area (Å²) < 4.78 is 93.4. The third kappa shape index (κ3) is 10.0. The van der Waals surface area contributed by atoms with E-state index in [4.69, 9.17) is 38.7 Å². The Morgan fingerprint density at radius 2 is 1.30 bits per heavy atom. The van der Waals surface area contributed by atoms with Gasteiger partial charge in [0.05, 0.1) is 39.1 Å². The van der Waals surface area contributed by atoms with E-state index in [-0.39, 0.29) is 39.6 Å². The lowest BCUT2D eigenvalue weighted by molar-refractivity contribution is -0.302. The smallest absolute Gasteiger partial charge is 0.303 e. The highest BCUT2D eigenvalue weighted by atomic mass is 19.2. The molecule has 244 valence electrons. The number of hydrogen-bond acceptors (Lipinski definition) is 12. The number of hydrogen-bond donors (Lipinski definition) is 1. The maximum absolute atomic E-state index is 14.0. The SMILES string of the molecule is CC(=O)OC1[C@H](OC(C)=O)C(OCCOCCOCCNC(=O)c2c(F)c(F)c(N=[N+]=[N-])c(F)c2F)O[C@@H](C)[C@H]1OC(C)=O. The number of rotatable bonds is 15. The fourth-order valence-corrected chi connectivity index (χ4v) is 3.93. The van der Waals surface area contributed by atoms with Crippen LogP contribution in [0.1, 0.15) is 38.1 Å². The molecule has 1 saturated heterocycles. The molecule has 2 unspecified atom stereocenters. The summed E-state index contributed by atoms with van der Waals surface area (Å²) >= 11 is 0. The number of azide groups is 1. The van der Waals surface area contributed by atoms with Crippen LogP contribution < -0.4 is 5.32 Å². The molecule has 2 rings (SSSR count). The van der Waals surface area contributed by atoms with Crippen molar-refractivity contribution in [2.75, 3.05) is 39.6 Å². The van der Waals surface area contributed by atoms with Gasteiger partial charge in [-0.3, -0.25) is 19.2 Å². The number of carbonyl (C=O) groups is 4. The second-order valence-corrected chi connectivity index (χ2v) is 8.95. The molecule has 44 heavy (non-hydrogen) atoms. The van der Waals surface area contributed by atoms with Crippen LogP contribution in [0.2, 0.25) is 0 Å². The lowest BCUT2D eigenvalue weighted by atomic mass is 9.99. The van der Waals surface area contributed by atoms with Gasteiger partial charge in [0.15, 0.2) is 47.9 Å². The minimum Gasteiger partial charge on any atom is -0.456 e. The maximum Gasteiger partial charge on any atom is 0.303 e. The molecular weight excluding hydrogens is 608 g/mol. The predicted molar refractivity (Wildman–Crippen MR) is 136 cm³/mol. The molecule has 0 aromatic heterocycles. The van der Waals surface area contributed by atoms with Crippen LogP contribution in [0.25, 0.3) is 10.4 Å². The zero-order valence-corrected chi connectivity index (χ0v) is 24.0. The Balaban J connectivity index is 1.78. The summed E-state index contributed by atoms with van der Waals surface area (Å²) in [4.78, 5) is 49.0. The Morgan fingerprint density at radius 3 is 1.84 bits per heavy atom. The topological polar surface area (TPSA) is 194 Å². The Bertz CT molecular complexity index is 1240. The van der Waals surface area contributed by atoms with E-state index in [0.29, 0.717) is 0 Å². The number of esters is 3. The predicted octanol–water partition coefficient (Wildman–Crippen LogP) is 2.50. The largest absolute Gasteiger partial charge is 0.456 e. The van der Waals surface area contributed by atoms with Gasteiger partial charge in [0.25, 0.3) is 5.91 Å². The molecule has 0 saturated carbocycles. The van der Waals surface area contributed by atoms with E-state index < -0.39 is 89.0 Å². The number of carbonyl (C=O) groups excluding carboxylic acids is 4. The van der Waals surface area contributed by atoms with Crippen molar-refractivity contribution in [1.29, 1.82) is 0 Å². The van der Waals surface area contributed by atoms with E-state index in [0.717, 1.165) is 20.8 Å². The average Bonchev–Trinajstić information content (AvgIpc) is 2.94. The molecule has 0 radical (unpaired) electrons. The Kier molecular flexibility index (Phi) is 14.2. The van der Waals surface area contributed by atoms with Crippen molar-refractivity contribution in [2.24, 2.45) is 5.11 Å². The van der Waals surface area contributed by atoms with Crippen LogP contribution in [-0.4, -0.2) is 94.1 Å². The maximum atomic E-state index is 14.0. The summed E-state index contributed by atoms with van der Waals surface area (Å²) in [7, 11) is 0. The van der Waals surface area contributed by atoms with Gasteiger partial charge < -0.3 is 38.5 Å². The molecule has 0 aliphatic carbocycles. The van der Waals surface area contributed by atoms with E-state index in [9.17, 15) is 36.7 Å². The number of benzene rings is 1. The number of ether oxygens (including phenoxy) is 7. The highest BCUT2D eigenvalue weighted by molar-refractivity contribution is 5.95. The molecule has 1 fully saturated rings. The molecule has 1 aliphatic rings. The Morgan fingerprint density at radius 1 is 0.795 bits per heavy atom. The van der Waals surface area contributed by atoms with Crippen LogP contribution in [0, 0.1) is 23.3 Å². The number of halogens is 4. The van der Waals surface area contributed by atoms with Crippen molar-refractivity contribution in [3.8, 4) is 0 Å². The standard InChI is InChI=1S/C25H30F4N4O11/c1-11-21(42-12(2)34)22(43-13(3)35)23(44-14(4)36)25(41-11)40-10-9-39-8-7-38-6-5-31-24(37)15-16(26)18(28)20(32-33-30)19(29)17(15)27/h11,21-23,25H,5-10H2,1-4H3,(H,31,37)/t11-,21+,22?,23-,25?/m0/s1. The fraction of sp³-hybridized carbons (Fsp3) is 0.600. The molecule has 1 aromatic carbocycles. The highest BCUT2D eigenvalue weighted by Gasteiger charge is 2.50. The molecule has 5 atom stereocenters. The first kappa shape index (κ1) is 36.2. The first-order chi connectivity index (χ1) is 20.8. The number of nitrogens with one attached hydrogen (secondary N) is 1. The zero-order valence-electron chi connectivity index (χ0n) is 24.0. The first-order valence-corrected chi connectivity index (χ1v) is 12.9. The molecule has 1 aliphatic heterocycles. The zero-order chi connectivity index (χ0) is 33.0. The molecule has 15 nitrogen and oxygen atoms in total. The second-order valence-electron chi connectivity index (χ2n) is 8.95. The number of nitrogens with zero attached hydrogens (tertiary/aromatic N) is 3. The van der Waals surface area contributed by atoms with Crippen LogP contribution >= 0.6 is 0 Å². The monoisotopic (exact) mass is 638 g/mol. The average molecular weight is 639 g/mol. The van der Waals surface area contributed by atoms with Gasteiger partial charge in [0.2, 0.25) is 0 Å². The van der Waals surface area contributed by atoms with Gasteiger partial charge in [-0.1, -0.05) is 5.11 Å². The molecule has 1 N–H and O–H groups in total. The molecule has 1 heterocycles. The van der Waals surface area contributed by atoms with Gasteiger partial charge in [-0.15, -0.1) is 0 Å². The van der Waals surface area contributed by atoms with E-state index in [2.05, 4.69) is 10.0 Å². The van der Waals surface area contributed by atoms with Crippen LogP contribution in [0.5, 0.6) is 0 Å². The van der Waals surface area contributed by atoms with E-state index in [1.54, 1.807) is 6.92 Å². The van der Waals surface area contributed by atoms with E-state index in [1.807, 2.05) is 5.32 Å². The summed E-state index contributed by atoms with van der Waals surface area (Å²) in [5.41, 5.74) is 5.18. The molecular formula is C25H30F4N4O11. The normalized spacial score (nSPS) is 21.1. The van der Waals surface area contributed by atoms with Gasteiger partial charge in [-0.25, -0.2) is 17.6 Å². The van der Waals surface area contributed by atoms with Crippen LogP contribution in [-0.2, 0) is 47.5 Å². The lowest BCUT2D eigenvalue weighted by Crippen LogP contribution is -2.61. The van der Waals surface area contributed by atoms with Gasteiger partial charge in [-0.2, -0.15) is 0 Å². The summed E-state index contributed by atoms with van der Waals surface area (Å²) in [5.74, 6) is -11.7. The van der Waals surface area contributed by atoms with Crippen molar-refractivity contribution in [3.05, 3.63) is 39.3 Å². The summed E-state index contributed by atoms with van der Waals surface area (Å²) in [6.45, 7) is 4.41. The van der Waals surface area contributed by atoms with Crippen LogP contribution in [0.3, 0.4) is 0 Å². The van der Waals surface area contributed by atoms with Crippen LogP contribution in [0.4, 0.5) is 23.2 Å². The third-order valence-corrected chi connectivity index (χ3v) is 5.66. The molecule has 1 amide bonds. The van der Waals surface area contributed by atoms with Crippen molar-refractivity contribution in [3.63, 3.8) is 0 Å². The van der Waals surface area contributed by atoms with Gasteiger partial charge in [0.1, 0.15) is 11.3 Å². The Hall–Kier alpha value is -4.03. The molecule has 0 spiro atoms. The van der Waals surface area contributed by atoms with Gasteiger partial charge >= 0.3 is 17.9 Å². The summed E-state index contributed by atoms with van der Waals surface area (Å²) in [6, 6.07) is 0. The molecule has 1 aromatic rings. The minimum absolute atomic E-state index is 0.00562. The van der Waals surface area contributed by atoms with Crippen LogP contribution in [0.15, 0.2) is 5.11 Å². The van der Waals surface area contributed by atoms with Crippen molar-refractivity contribution >= 4 is 29.5 Å². The summed E-state index contributed by atoms with van der Waals surface area (Å²) in [5, 5.41) is 4.57. The molecule has 0 bridgehead atoms. The lowest BCUT2D eigenvalue weighted by Gasteiger charge is -2.43. The van der Waals surface area contributed by atoms with Gasteiger partial charge in [0, 0.05) is 32.2 Å². The molecule has 19 heteroatoms. The Labute approximate surface area is 247 Å². The van der Waals surface area contributed by atoms with E-state index >= 15 is 0 Å². The second kappa shape index (κ2) is 17.3. The first-order valence-electron chi connectivity index (χ1n) is 12.9. The van der Waals surface area contributed by atoms with E-state index in [1.165, 1.54) is 0 Å². The third-order valence-electron chi connectivity index (χ3n) is 5.66. The highest BCUT2D eigenvalue weighted by Crippen LogP contribution is 2.31. The van der Waals surface area contributed by atoms with Gasteiger partial charge in [-0.05, 0) is 12.5 Å². The summed E-state index contributed by atoms with van der Waals surface area (Å²) in [6.07, 6.45) is -5.58. The van der Waals surface area contributed by atoms with Crippen molar-refractivity contribution in [1.82, 2.24) is 5.32 Å². The number of amides is 1. The van der Waals surface area contributed by atoms with Crippen molar-refractivity contribution < 1.29 is 69.9 Å². The minimum atomic E-state index is -2.03. The van der Waals surface area contributed by atoms with Crippen molar-refractivity contribution in [2.45, 2.75) is 58.4 Å².